The molecule has 0 radical (unpaired) electrons. The van der Waals surface area contributed by atoms with E-state index in [1.807, 2.05) is 0 Å². The molecule has 1 aliphatic carbocycles. The Balaban J connectivity index is 1.72. The maximum Gasteiger partial charge on any atom is 0.0702 e. The van der Waals surface area contributed by atoms with Crippen LogP contribution in [-0.4, -0.2) is 48.3 Å². The van der Waals surface area contributed by atoms with Crippen molar-refractivity contribution in [1.82, 2.24) is 10.2 Å². The Bertz CT molecular complexity index is 328. The Hall–Kier alpha value is -0.120. The molecule has 3 aliphatic rings. The number of hydrogen-bond acceptors (Lipinski definition) is 3. The van der Waals surface area contributed by atoms with E-state index in [0.29, 0.717) is 17.2 Å². The van der Waals surface area contributed by atoms with Crippen molar-refractivity contribution in [3.63, 3.8) is 0 Å². The van der Waals surface area contributed by atoms with E-state index in [1.165, 1.54) is 70.9 Å². The minimum atomic E-state index is 0.356. The first-order valence-corrected chi connectivity index (χ1v) is 9.34. The second-order valence-corrected chi connectivity index (χ2v) is 7.64. The van der Waals surface area contributed by atoms with Gasteiger partial charge in [-0.3, -0.25) is 4.90 Å². The van der Waals surface area contributed by atoms with Gasteiger partial charge in [0.1, 0.15) is 0 Å². The molecule has 1 saturated carbocycles. The molecule has 1 unspecified atom stereocenters. The molecule has 2 saturated heterocycles. The highest BCUT2D eigenvalue weighted by Gasteiger charge is 2.47. The number of piperazine rings is 1. The predicted molar refractivity (Wildman–Crippen MR) is 87.7 cm³/mol. The standard InChI is InChI=1S/C18H34N2O/c1-3-18(4-2)14-19-17(10-6-7-11-17)15-20(18)13-16-9-5-8-12-21-16/h16,19H,3-15H2,1-2H3. The molecule has 3 fully saturated rings. The summed E-state index contributed by atoms with van der Waals surface area (Å²) in [6.45, 7) is 9.29. The lowest BCUT2D eigenvalue weighted by molar-refractivity contribution is -0.0613. The van der Waals surface area contributed by atoms with Crippen molar-refractivity contribution in [2.45, 2.75) is 88.8 Å². The largest absolute Gasteiger partial charge is 0.377 e. The molecule has 0 aromatic rings. The van der Waals surface area contributed by atoms with Gasteiger partial charge in [0, 0.05) is 37.3 Å². The van der Waals surface area contributed by atoms with Crippen molar-refractivity contribution in [3.8, 4) is 0 Å². The maximum absolute atomic E-state index is 6.05. The normalized spacial score (nSPS) is 32.6. The molecule has 1 spiro atoms. The van der Waals surface area contributed by atoms with Crippen molar-refractivity contribution in [2.75, 3.05) is 26.2 Å². The van der Waals surface area contributed by atoms with E-state index in [1.54, 1.807) is 0 Å². The van der Waals surface area contributed by atoms with Gasteiger partial charge in [-0.1, -0.05) is 26.7 Å². The van der Waals surface area contributed by atoms with Gasteiger partial charge in [-0.2, -0.15) is 0 Å². The van der Waals surface area contributed by atoms with E-state index >= 15 is 0 Å². The monoisotopic (exact) mass is 294 g/mol. The summed E-state index contributed by atoms with van der Waals surface area (Å²) < 4.78 is 6.05. The molecule has 0 amide bonds. The highest BCUT2D eigenvalue weighted by molar-refractivity contribution is 5.06. The summed E-state index contributed by atoms with van der Waals surface area (Å²) in [5.74, 6) is 0. The molecule has 1 atom stereocenters. The van der Waals surface area contributed by atoms with Crippen LogP contribution < -0.4 is 5.32 Å². The summed E-state index contributed by atoms with van der Waals surface area (Å²) >= 11 is 0. The van der Waals surface area contributed by atoms with Crippen LogP contribution in [0.4, 0.5) is 0 Å². The quantitative estimate of drug-likeness (QED) is 0.861. The van der Waals surface area contributed by atoms with Gasteiger partial charge in [0.05, 0.1) is 6.10 Å². The molecule has 3 heteroatoms. The van der Waals surface area contributed by atoms with Gasteiger partial charge in [0.15, 0.2) is 0 Å². The topological polar surface area (TPSA) is 24.5 Å². The first kappa shape index (κ1) is 15.8. The molecule has 1 N–H and O–H groups in total. The summed E-state index contributed by atoms with van der Waals surface area (Å²) in [5, 5.41) is 3.97. The molecule has 0 bridgehead atoms. The molecule has 21 heavy (non-hydrogen) atoms. The van der Waals surface area contributed by atoms with E-state index in [-0.39, 0.29) is 0 Å². The molecule has 2 aliphatic heterocycles. The van der Waals surface area contributed by atoms with Crippen LogP contribution >= 0.6 is 0 Å². The van der Waals surface area contributed by atoms with E-state index in [0.717, 1.165) is 13.2 Å². The zero-order chi connectivity index (χ0) is 14.8. The summed E-state index contributed by atoms with van der Waals surface area (Å²) in [4.78, 5) is 2.82. The fourth-order valence-electron chi connectivity index (χ4n) is 4.84. The van der Waals surface area contributed by atoms with Crippen LogP contribution in [0, 0.1) is 0 Å². The molecular weight excluding hydrogens is 260 g/mol. The second-order valence-electron chi connectivity index (χ2n) is 7.64. The van der Waals surface area contributed by atoms with Crippen molar-refractivity contribution < 1.29 is 4.74 Å². The van der Waals surface area contributed by atoms with Gasteiger partial charge in [-0.25, -0.2) is 0 Å². The summed E-state index contributed by atoms with van der Waals surface area (Å²) in [7, 11) is 0. The lowest BCUT2D eigenvalue weighted by atomic mass is 9.81. The fraction of sp³-hybridized carbons (Fsp3) is 1.00. The van der Waals surface area contributed by atoms with E-state index < -0.39 is 0 Å². The first-order valence-electron chi connectivity index (χ1n) is 9.34. The van der Waals surface area contributed by atoms with E-state index in [4.69, 9.17) is 4.74 Å². The number of nitrogens with one attached hydrogen (secondary N) is 1. The molecule has 122 valence electrons. The van der Waals surface area contributed by atoms with Crippen LogP contribution in [0.5, 0.6) is 0 Å². The average Bonchev–Trinajstić information content (AvgIpc) is 2.98. The smallest absolute Gasteiger partial charge is 0.0702 e. The molecule has 3 nitrogen and oxygen atoms in total. The maximum atomic E-state index is 6.05. The van der Waals surface area contributed by atoms with Gasteiger partial charge < -0.3 is 10.1 Å². The lowest BCUT2D eigenvalue weighted by Crippen LogP contribution is -2.70. The minimum Gasteiger partial charge on any atom is -0.377 e. The molecule has 0 aromatic carbocycles. The van der Waals surface area contributed by atoms with Crippen molar-refractivity contribution >= 4 is 0 Å². The zero-order valence-corrected chi connectivity index (χ0v) is 14.1. The Kier molecular flexibility index (Phi) is 4.92. The Labute approximate surface area is 130 Å². The summed E-state index contributed by atoms with van der Waals surface area (Å²) in [6, 6.07) is 0. The highest BCUT2D eigenvalue weighted by Crippen LogP contribution is 2.38. The number of rotatable bonds is 4. The molecule has 2 heterocycles. The van der Waals surface area contributed by atoms with Gasteiger partial charge in [-0.05, 0) is 44.9 Å². The SMILES string of the molecule is CCC1(CC)CNC2(CCCC2)CN1CC1CCCCO1. The van der Waals surface area contributed by atoms with Crippen LogP contribution in [0.15, 0.2) is 0 Å². The Morgan fingerprint density at radius 1 is 1.10 bits per heavy atom. The Morgan fingerprint density at radius 3 is 2.48 bits per heavy atom. The van der Waals surface area contributed by atoms with E-state index in [2.05, 4.69) is 24.1 Å². The highest BCUT2D eigenvalue weighted by atomic mass is 16.5. The average molecular weight is 294 g/mol. The second kappa shape index (κ2) is 6.55. The third-order valence-corrected chi connectivity index (χ3v) is 6.53. The minimum absolute atomic E-state index is 0.356. The summed E-state index contributed by atoms with van der Waals surface area (Å²) in [5.41, 5.74) is 0.775. The molecule has 3 rings (SSSR count). The van der Waals surface area contributed by atoms with Gasteiger partial charge >= 0.3 is 0 Å². The van der Waals surface area contributed by atoms with Crippen molar-refractivity contribution in [1.29, 1.82) is 0 Å². The third-order valence-electron chi connectivity index (χ3n) is 6.53. The number of hydrogen-bond donors (Lipinski definition) is 1. The first-order chi connectivity index (χ1) is 10.2. The molecule has 0 aromatic heterocycles. The summed E-state index contributed by atoms with van der Waals surface area (Å²) in [6.07, 6.45) is 12.4. The Morgan fingerprint density at radius 2 is 1.86 bits per heavy atom. The zero-order valence-electron chi connectivity index (χ0n) is 14.1. The predicted octanol–water partition coefficient (Wildman–Crippen LogP) is 3.33. The number of ether oxygens (including phenoxy) is 1. The third kappa shape index (κ3) is 3.16. The van der Waals surface area contributed by atoms with Crippen LogP contribution in [0.3, 0.4) is 0 Å². The molecular formula is C18H34N2O. The van der Waals surface area contributed by atoms with Crippen molar-refractivity contribution in [3.05, 3.63) is 0 Å². The lowest BCUT2D eigenvalue weighted by Gasteiger charge is -2.54. The van der Waals surface area contributed by atoms with Crippen LogP contribution in [0.2, 0.25) is 0 Å². The van der Waals surface area contributed by atoms with Gasteiger partial charge in [0.2, 0.25) is 0 Å². The van der Waals surface area contributed by atoms with E-state index in [9.17, 15) is 0 Å². The van der Waals surface area contributed by atoms with Crippen molar-refractivity contribution in [2.24, 2.45) is 0 Å². The fourth-order valence-corrected chi connectivity index (χ4v) is 4.84. The number of nitrogens with zero attached hydrogens (tertiary/aromatic N) is 1. The van der Waals surface area contributed by atoms with Crippen LogP contribution in [0.25, 0.3) is 0 Å². The van der Waals surface area contributed by atoms with Crippen LogP contribution in [0.1, 0.15) is 71.6 Å². The van der Waals surface area contributed by atoms with Gasteiger partial charge in [-0.15, -0.1) is 0 Å². The van der Waals surface area contributed by atoms with Gasteiger partial charge in [0.25, 0.3) is 0 Å². The van der Waals surface area contributed by atoms with Crippen LogP contribution in [-0.2, 0) is 4.74 Å².